The molecule has 7 N–H and O–H groups in total. The Morgan fingerprint density at radius 3 is 2.03 bits per heavy atom. The minimum atomic E-state index is -0.933. The molecule has 0 saturated carbocycles. The predicted octanol–water partition coefficient (Wildman–Crippen LogP) is 4.13. The number of nitrogens with two attached hydrogens (primary N) is 3. The Kier molecular flexibility index (Phi) is 15.2. The summed E-state index contributed by atoms with van der Waals surface area (Å²) in [6.45, 7) is 1.18. The summed E-state index contributed by atoms with van der Waals surface area (Å²) in [5.41, 5.74) is 17.4. The molecule has 2 aromatic rings. The monoisotopic (exact) mass is 461 g/mol. The first-order chi connectivity index (χ1) is 13.7. The minimum absolute atomic E-state index is 0.391. The summed E-state index contributed by atoms with van der Waals surface area (Å²) in [6, 6.07) is 11.5. The van der Waals surface area contributed by atoms with Gasteiger partial charge in [0.15, 0.2) is 6.29 Å². The maximum Gasteiger partial charge on any atom is 0.320 e. The molecular formula is C20H26Cl3N3O3. The number of hydrogen-bond acceptors (Lipinski definition) is 5. The summed E-state index contributed by atoms with van der Waals surface area (Å²) < 4.78 is 0. The summed E-state index contributed by atoms with van der Waals surface area (Å²) in [7, 11) is 0. The molecule has 0 spiro atoms. The van der Waals surface area contributed by atoms with Crippen LogP contribution in [0.3, 0.4) is 0 Å². The number of benzene rings is 2. The third-order valence-corrected chi connectivity index (χ3v) is 4.34. The Morgan fingerprint density at radius 2 is 1.59 bits per heavy atom. The van der Waals surface area contributed by atoms with Crippen molar-refractivity contribution >= 4 is 47.1 Å². The van der Waals surface area contributed by atoms with Gasteiger partial charge in [-0.2, -0.15) is 0 Å². The molecule has 0 aliphatic heterocycles. The number of rotatable bonds is 7. The summed E-state index contributed by atoms with van der Waals surface area (Å²) in [5, 5.41) is 10.0. The Morgan fingerprint density at radius 1 is 1.00 bits per heavy atom. The second-order valence-corrected chi connectivity index (χ2v) is 7.12. The van der Waals surface area contributed by atoms with Gasteiger partial charge in [0.25, 0.3) is 0 Å². The SMILES string of the molecule is NCCCC[C@H](N)C(=O)O.NCc1ccc(Cl)cc1.O=Cc1ccc(Cl)cc1Cl. The summed E-state index contributed by atoms with van der Waals surface area (Å²) in [4.78, 5) is 20.3. The smallest absolute Gasteiger partial charge is 0.320 e. The molecule has 0 bridgehead atoms. The van der Waals surface area contributed by atoms with Gasteiger partial charge in [-0.1, -0.05) is 53.4 Å². The van der Waals surface area contributed by atoms with Crippen molar-refractivity contribution < 1.29 is 14.7 Å². The first-order valence-electron chi connectivity index (χ1n) is 8.78. The second kappa shape index (κ2) is 16.2. The molecule has 0 aromatic heterocycles. The molecule has 0 radical (unpaired) electrons. The number of aliphatic carboxylic acids is 1. The first kappa shape index (κ1) is 27.3. The van der Waals surface area contributed by atoms with Gasteiger partial charge in [-0.15, -0.1) is 0 Å². The van der Waals surface area contributed by atoms with Gasteiger partial charge in [0.1, 0.15) is 6.04 Å². The molecule has 2 aromatic carbocycles. The lowest BCUT2D eigenvalue weighted by Crippen LogP contribution is -2.29. The van der Waals surface area contributed by atoms with E-state index in [9.17, 15) is 9.59 Å². The Labute approximate surface area is 185 Å². The number of carbonyl (C=O) groups is 2. The van der Waals surface area contributed by atoms with Crippen molar-refractivity contribution in [2.75, 3.05) is 6.54 Å². The molecule has 0 saturated heterocycles. The molecular weight excluding hydrogens is 437 g/mol. The second-order valence-electron chi connectivity index (χ2n) is 5.84. The van der Waals surface area contributed by atoms with Crippen molar-refractivity contribution in [2.45, 2.75) is 31.8 Å². The first-order valence-corrected chi connectivity index (χ1v) is 9.91. The molecule has 160 valence electrons. The molecule has 6 nitrogen and oxygen atoms in total. The quantitative estimate of drug-likeness (QED) is 0.361. The third kappa shape index (κ3) is 13.2. The van der Waals surface area contributed by atoms with Crippen LogP contribution in [0.5, 0.6) is 0 Å². The Bertz CT molecular complexity index is 743. The fourth-order valence-corrected chi connectivity index (χ4v) is 2.43. The van der Waals surface area contributed by atoms with E-state index in [1.807, 2.05) is 24.3 Å². The van der Waals surface area contributed by atoms with Crippen LogP contribution in [0, 0.1) is 0 Å². The van der Waals surface area contributed by atoms with E-state index < -0.39 is 12.0 Å². The van der Waals surface area contributed by atoms with Crippen LogP contribution < -0.4 is 17.2 Å². The maximum absolute atomic E-state index is 10.2. The lowest BCUT2D eigenvalue weighted by atomic mass is 10.1. The number of hydrogen-bond donors (Lipinski definition) is 4. The van der Waals surface area contributed by atoms with Crippen LogP contribution in [0.4, 0.5) is 0 Å². The molecule has 29 heavy (non-hydrogen) atoms. The highest BCUT2D eigenvalue weighted by Gasteiger charge is 2.09. The molecule has 0 fully saturated rings. The van der Waals surface area contributed by atoms with Crippen molar-refractivity contribution in [3.8, 4) is 0 Å². The number of aldehydes is 1. The third-order valence-electron chi connectivity index (χ3n) is 3.52. The van der Waals surface area contributed by atoms with Crippen molar-refractivity contribution in [1.82, 2.24) is 0 Å². The zero-order valence-corrected chi connectivity index (χ0v) is 18.1. The van der Waals surface area contributed by atoms with Crippen molar-refractivity contribution in [3.05, 3.63) is 68.7 Å². The highest BCUT2D eigenvalue weighted by Crippen LogP contribution is 2.18. The maximum atomic E-state index is 10.2. The minimum Gasteiger partial charge on any atom is -0.480 e. The molecule has 1 atom stereocenters. The van der Waals surface area contributed by atoms with Crippen LogP contribution in [0.25, 0.3) is 0 Å². The van der Waals surface area contributed by atoms with Gasteiger partial charge in [0, 0.05) is 22.2 Å². The lowest BCUT2D eigenvalue weighted by Gasteiger charge is -2.03. The highest BCUT2D eigenvalue weighted by molar-refractivity contribution is 6.36. The van der Waals surface area contributed by atoms with Crippen LogP contribution >= 0.6 is 34.8 Å². The van der Waals surface area contributed by atoms with Gasteiger partial charge in [-0.25, -0.2) is 0 Å². The number of halogens is 3. The number of unbranched alkanes of at least 4 members (excludes halogenated alkanes) is 1. The van der Waals surface area contributed by atoms with Crippen LogP contribution in [0.15, 0.2) is 42.5 Å². The van der Waals surface area contributed by atoms with E-state index in [4.69, 9.17) is 57.1 Å². The highest BCUT2D eigenvalue weighted by atomic mass is 35.5. The summed E-state index contributed by atoms with van der Waals surface area (Å²) in [6.07, 6.45) is 2.86. The Balaban J connectivity index is 0.000000406. The molecule has 0 aliphatic carbocycles. The van der Waals surface area contributed by atoms with Crippen LogP contribution in [-0.2, 0) is 11.3 Å². The van der Waals surface area contributed by atoms with E-state index in [0.29, 0.717) is 41.4 Å². The van der Waals surface area contributed by atoms with Gasteiger partial charge in [-0.05, 0) is 55.3 Å². The topological polar surface area (TPSA) is 132 Å². The van der Waals surface area contributed by atoms with Gasteiger partial charge in [-0.3, -0.25) is 9.59 Å². The van der Waals surface area contributed by atoms with E-state index >= 15 is 0 Å². The van der Waals surface area contributed by atoms with Gasteiger partial charge in [0.05, 0.1) is 5.02 Å². The predicted molar refractivity (Wildman–Crippen MR) is 120 cm³/mol. The Hall–Kier alpha value is -1.67. The summed E-state index contributed by atoms with van der Waals surface area (Å²) >= 11 is 16.8. The van der Waals surface area contributed by atoms with Crippen LogP contribution in [0.1, 0.15) is 35.2 Å². The average molecular weight is 463 g/mol. The number of carboxylic acid groups (broad SMARTS) is 1. The zero-order chi connectivity index (χ0) is 22.2. The number of carbonyl (C=O) groups excluding carboxylic acids is 1. The van der Waals surface area contributed by atoms with E-state index in [0.717, 1.165) is 23.4 Å². The van der Waals surface area contributed by atoms with Crippen LogP contribution in [-0.4, -0.2) is 29.9 Å². The largest absolute Gasteiger partial charge is 0.480 e. The fourth-order valence-electron chi connectivity index (χ4n) is 1.85. The van der Waals surface area contributed by atoms with E-state index in [2.05, 4.69) is 0 Å². The fraction of sp³-hybridized carbons (Fsp3) is 0.300. The molecule has 0 heterocycles. The molecule has 0 amide bonds. The molecule has 9 heteroatoms. The van der Waals surface area contributed by atoms with Crippen molar-refractivity contribution in [2.24, 2.45) is 17.2 Å². The summed E-state index contributed by atoms with van der Waals surface area (Å²) in [5.74, 6) is -0.933. The van der Waals surface area contributed by atoms with Gasteiger partial charge >= 0.3 is 5.97 Å². The van der Waals surface area contributed by atoms with Gasteiger partial charge in [0.2, 0.25) is 0 Å². The van der Waals surface area contributed by atoms with Crippen LogP contribution in [0.2, 0.25) is 15.1 Å². The zero-order valence-electron chi connectivity index (χ0n) is 15.9. The molecule has 0 unspecified atom stereocenters. The van der Waals surface area contributed by atoms with Crippen molar-refractivity contribution in [1.29, 1.82) is 0 Å². The van der Waals surface area contributed by atoms with E-state index in [1.54, 1.807) is 12.1 Å². The average Bonchev–Trinajstić information content (AvgIpc) is 2.70. The van der Waals surface area contributed by atoms with E-state index in [-0.39, 0.29) is 0 Å². The van der Waals surface area contributed by atoms with E-state index in [1.165, 1.54) is 6.07 Å². The molecule has 2 rings (SSSR count). The standard InChI is InChI=1S/C7H4Cl2O.C7H8ClN.C6H14N2O2/c8-6-2-1-5(4-10)7(9)3-6;8-7-3-1-6(5-9)2-4-7;7-4-2-1-3-5(8)6(9)10/h1-4H;1-4H,5,9H2;5H,1-4,7-8H2,(H,9,10)/t;;5-/m..0/s1. The van der Waals surface area contributed by atoms with Gasteiger partial charge < -0.3 is 22.3 Å². The number of carboxylic acids is 1. The normalized spacial score (nSPS) is 10.7. The lowest BCUT2D eigenvalue weighted by molar-refractivity contribution is -0.138. The molecule has 0 aliphatic rings. The van der Waals surface area contributed by atoms with Crippen molar-refractivity contribution in [3.63, 3.8) is 0 Å².